The number of carbonyl (C=O) groups is 3. The van der Waals surface area contributed by atoms with Crippen LogP contribution in [0.2, 0.25) is 0 Å². The third kappa shape index (κ3) is 7.35. The average molecular weight is 453 g/mol. The van der Waals surface area contributed by atoms with E-state index in [0.717, 1.165) is 43.9 Å². The summed E-state index contributed by atoms with van der Waals surface area (Å²) in [4.78, 5) is 43.3. The molecule has 1 aliphatic heterocycles. The molecule has 0 radical (unpaired) electrons. The van der Waals surface area contributed by atoms with E-state index in [1.165, 1.54) is 17.8 Å². The van der Waals surface area contributed by atoms with Gasteiger partial charge in [0.05, 0.1) is 18.9 Å². The van der Waals surface area contributed by atoms with Crippen LogP contribution in [0.25, 0.3) is 0 Å². The second-order valence-corrected chi connectivity index (χ2v) is 8.83. The van der Waals surface area contributed by atoms with Crippen LogP contribution in [0.4, 0.5) is 9.93 Å². The van der Waals surface area contributed by atoms with E-state index in [9.17, 15) is 14.4 Å². The summed E-state index contributed by atoms with van der Waals surface area (Å²) in [5.74, 6) is -0.689. The smallest absolute Gasteiger partial charge is 0.315 e. The fraction of sp³-hybridized carbons (Fsp3) is 0.700. The molecule has 3 rings (SSSR count). The van der Waals surface area contributed by atoms with E-state index in [0.29, 0.717) is 36.8 Å². The first-order valence-electron chi connectivity index (χ1n) is 11.0. The van der Waals surface area contributed by atoms with Crippen LogP contribution in [0.1, 0.15) is 60.3 Å². The third-order valence-electron chi connectivity index (χ3n) is 5.40. The number of nitrogens with zero attached hydrogens (tertiary/aromatic N) is 2. The van der Waals surface area contributed by atoms with E-state index < -0.39 is 0 Å². The van der Waals surface area contributed by atoms with E-state index in [4.69, 9.17) is 4.74 Å². The number of hydrogen-bond acceptors (Lipinski definition) is 7. The maximum absolute atomic E-state index is 12.4. The van der Waals surface area contributed by atoms with Gasteiger partial charge in [-0.2, -0.15) is 0 Å². The largest absolute Gasteiger partial charge is 0.378 e. The second-order valence-electron chi connectivity index (χ2n) is 7.85. The van der Waals surface area contributed by atoms with Crippen LogP contribution in [0.15, 0.2) is 0 Å². The minimum Gasteiger partial charge on any atom is -0.378 e. The predicted molar refractivity (Wildman–Crippen MR) is 118 cm³/mol. The monoisotopic (exact) mass is 452 g/mol. The molecule has 1 saturated heterocycles. The fourth-order valence-corrected chi connectivity index (χ4v) is 4.68. The van der Waals surface area contributed by atoms with Gasteiger partial charge in [-0.05, 0) is 26.2 Å². The molecule has 2 heterocycles. The number of morpholine rings is 1. The molecule has 4 N–H and O–H groups in total. The number of aryl methyl sites for hydroxylation is 1. The van der Waals surface area contributed by atoms with Crippen molar-refractivity contribution in [2.45, 2.75) is 57.9 Å². The van der Waals surface area contributed by atoms with Crippen molar-refractivity contribution in [1.29, 1.82) is 0 Å². The maximum Gasteiger partial charge on any atom is 0.315 e. The Balaban J connectivity index is 1.31. The molecular formula is C20H32N6O4S. The minimum absolute atomic E-state index is 0.183. The van der Waals surface area contributed by atoms with Gasteiger partial charge in [-0.15, -0.1) is 0 Å². The molecule has 172 valence electrons. The summed E-state index contributed by atoms with van der Waals surface area (Å²) in [7, 11) is 0. The zero-order chi connectivity index (χ0) is 22.1. The van der Waals surface area contributed by atoms with Crippen molar-refractivity contribution in [1.82, 2.24) is 26.5 Å². The number of ether oxygens (including phenoxy) is 1. The standard InChI is InChI=1S/C20H32N6O4S/c1-14-17(31-20(22-14)26-10-12-30-13-11-26)18(28)25-24-16(27)8-5-9-21-19(29)23-15-6-3-2-4-7-15/h15H,2-13H2,1H3,(H,24,27)(H,25,28)(H2,21,23,29). The predicted octanol–water partition coefficient (Wildman–Crippen LogP) is 1.46. The number of hydrogen-bond donors (Lipinski definition) is 4. The number of anilines is 1. The maximum atomic E-state index is 12.4. The highest BCUT2D eigenvalue weighted by Gasteiger charge is 2.21. The van der Waals surface area contributed by atoms with Gasteiger partial charge in [0, 0.05) is 32.1 Å². The molecule has 11 heteroatoms. The number of thiazole rings is 1. The number of rotatable bonds is 7. The van der Waals surface area contributed by atoms with Crippen LogP contribution >= 0.6 is 11.3 Å². The van der Waals surface area contributed by atoms with Crippen LogP contribution in [-0.4, -0.2) is 61.7 Å². The van der Waals surface area contributed by atoms with Crippen molar-refractivity contribution >= 4 is 34.3 Å². The Morgan fingerprint density at radius 2 is 1.87 bits per heavy atom. The molecule has 0 atom stereocenters. The first-order chi connectivity index (χ1) is 15.0. The van der Waals surface area contributed by atoms with E-state index in [2.05, 4.69) is 31.4 Å². The first-order valence-corrected chi connectivity index (χ1v) is 11.8. The van der Waals surface area contributed by atoms with Gasteiger partial charge in [0.2, 0.25) is 5.91 Å². The highest BCUT2D eigenvalue weighted by molar-refractivity contribution is 7.17. The minimum atomic E-state index is -0.382. The molecule has 0 unspecified atom stereocenters. The van der Waals surface area contributed by atoms with Gasteiger partial charge in [0.15, 0.2) is 5.13 Å². The topological polar surface area (TPSA) is 125 Å². The summed E-state index contributed by atoms with van der Waals surface area (Å²) < 4.78 is 5.34. The zero-order valence-electron chi connectivity index (χ0n) is 18.0. The van der Waals surface area contributed by atoms with Crippen LogP contribution in [0, 0.1) is 6.92 Å². The van der Waals surface area contributed by atoms with Gasteiger partial charge in [0.25, 0.3) is 5.91 Å². The van der Waals surface area contributed by atoms with Gasteiger partial charge in [-0.3, -0.25) is 20.4 Å². The van der Waals surface area contributed by atoms with Gasteiger partial charge >= 0.3 is 6.03 Å². The second kappa shape index (κ2) is 11.8. The molecule has 1 aliphatic carbocycles. The number of hydrazine groups is 1. The van der Waals surface area contributed by atoms with Gasteiger partial charge < -0.3 is 20.3 Å². The molecule has 2 aliphatic rings. The Morgan fingerprint density at radius 3 is 2.61 bits per heavy atom. The van der Waals surface area contributed by atoms with Gasteiger partial charge in [-0.1, -0.05) is 30.6 Å². The summed E-state index contributed by atoms with van der Waals surface area (Å²) in [5, 5.41) is 6.54. The third-order valence-corrected chi connectivity index (χ3v) is 6.61. The number of aromatic nitrogens is 1. The summed E-state index contributed by atoms with van der Waals surface area (Å²) in [6, 6.07) is 0.0728. The highest BCUT2D eigenvalue weighted by atomic mass is 32.1. The molecule has 1 saturated carbocycles. The Morgan fingerprint density at radius 1 is 1.13 bits per heavy atom. The van der Waals surface area contributed by atoms with E-state index in [1.807, 2.05) is 0 Å². The quantitative estimate of drug-likeness (QED) is 0.367. The number of carbonyl (C=O) groups excluding carboxylic acids is 3. The lowest BCUT2D eigenvalue weighted by atomic mass is 9.96. The molecule has 4 amide bonds. The van der Waals surface area contributed by atoms with Crippen molar-refractivity contribution in [3.8, 4) is 0 Å². The normalized spacial score (nSPS) is 17.1. The molecule has 0 aromatic carbocycles. The van der Waals surface area contributed by atoms with Crippen LogP contribution < -0.4 is 26.4 Å². The number of amides is 4. The van der Waals surface area contributed by atoms with Gasteiger partial charge in [0.1, 0.15) is 4.88 Å². The Labute approximate surface area is 186 Å². The Kier molecular flexibility index (Phi) is 8.89. The molecule has 1 aromatic rings. The summed E-state index contributed by atoms with van der Waals surface area (Å²) in [5.41, 5.74) is 5.51. The summed E-state index contributed by atoms with van der Waals surface area (Å²) in [6.45, 7) is 4.97. The molecule has 31 heavy (non-hydrogen) atoms. The van der Waals surface area contributed by atoms with Crippen LogP contribution in [0.5, 0.6) is 0 Å². The van der Waals surface area contributed by atoms with Crippen molar-refractivity contribution in [3.63, 3.8) is 0 Å². The van der Waals surface area contributed by atoms with Crippen molar-refractivity contribution in [2.75, 3.05) is 37.7 Å². The molecule has 0 bridgehead atoms. The lowest BCUT2D eigenvalue weighted by Gasteiger charge is -2.25. The molecule has 2 fully saturated rings. The fourth-order valence-electron chi connectivity index (χ4n) is 3.66. The zero-order valence-corrected chi connectivity index (χ0v) is 18.8. The molecule has 10 nitrogen and oxygen atoms in total. The van der Waals surface area contributed by atoms with E-state index in [1.54, 1.807) is 6.92 Å². The average Bonchev–Trinajstić information content (AvgIpc) is 3.18. The number of nitrogens with one attached hydrogen (secondary N) is 4. The van der Waals surface area contributed by atoms with Crippen LogP contribution in [0.3, 0.4) is 0 Å². The van der Waals surface area contributed by atoms with Gasteiger partial charge in [-0.25, -0.2) is 9.78 Å². The van der Waals surface area contributed by atoms with Crippen molar-refractivity contribution in [3.05, 3.63) is 10.6 Å². The highest BCUT2D eigenvalue weighted by Crippen LogP contribution is 2.26. The molecule has 0 spiro atoms. The number of urea groups is 1. The molecular weight excluding hydrogens is 420 g/mol. The van der Waals surface area contributed by atoms with Crippen molar-refractivity contribution in [2.24, 2.45) is 0 Å². The lowest BCUT2D eigenvalue weighted by molar-refractivity contribution is -0.121. The molecule has 1 aromatic heterocycles. The van der Waals surface area contributed by atoms with E-state index in [-0.39, 0.29) is 30.3 Å². The SMILES string of the molecule is Cc1nc(N2CCOCC2)sc1C(=O)NNC(=O)CCCNC(=O)NC1CCCCC1. The Bertz CT molecular complexity index is 759. The van der Waals surface area contributed by atoms with Crippen molar-refractivity contribution < 1.29 is 19.1 Å². The van der Waals surface area contributed by atoms with Crippen LogP contribution in [-0.2, 0) is 9.53 Å². The first kappa shape index (κ1) is 23.3. The Hall–Kier alpha value is -2.40. The van der Waals surface area contributed by atoms with E-state index >= 15 is 0 Å². The lowest BCUT2D eigenvalue weighted by Crippen LogP contribution is -2.44. The summed E-state index contributed by atoms with van der Waals surface area (Å²) in [6.07, 6.45) is 6.30. The summed E-state index contributed by atoms with van der Waals surface area (Å²) >= 11 is 1.31.